The molecule has 1 aromatic heterocycles. The molecule has 0 radical (unpaired) electrons. The molecule has 0 saturated carbocycles. The van der Waals surface area contributed by atoms with Gasteiger partial charge in [-0.15, -0.1) is 11.3 Å². The first-order valence-corrected chi connectivity index (χ1v) is 5.06. The fraction of sp³-hybridized carbons (Fsp3) is 0.444. The Kier molecular flexibility index (Phi) is 4.21. The Hall–Kier alpha value is -0.750. The third kappa shape index (κ3) is 2.62. The van der Waals surface area contributed by atoms with E-state index in [1.54, 1.807) is 19.2 Å². The van der Waals surface area contributed by atoms with E-state index in [4.69, 9.17) is 0 Å². The highest BCUT2D eigenvalue weighted by Crippen LogP contribution is 2.24. The Morgan fingerprint density at radius 2 is 2.29 bits per heavy atom. The van der Waals surface area contributed by atoms with Gasteiger partial charge in [0.25, 0.3) is 0 Å². The molecule has 0 amide bonds. The van der Waals surface area contributed by atoms with Gasteiger partial charge in [0, 0.05) is 11.4 Å². The molecule has 0 aliphatic carbocycles. The lowest BCUT2D eigenvalue weighted by Crippen LogP contribution is -2.29. The summed E-state index contributed by atoms with van der Waals surface area (Å²) in [5.41, 5.74) is 0. The van der Waals surface area contributed by atoms with Crippen LogP contribution in [0.15, 0.2) is 12.1 Å². The number of rotatable bonds is 5. The van der Waals surface area contributed by atoms with Crippen molar-refractivity contribution in [3.05, 3.63) is 21.9 Å². The number of thiophene rings is 1. The van der Waals surface area contributed by atoms with Crippen LogP contribution >= 0.6 is 11.3 Å². The van der Waals surface area contributed by atoms with E-state index in [0.717, 1.165) is 6.29 Å². The van der Waals surface area contributed by atoms with E-state index in [1.807, 2.05) is 0 Å². The normalized spacial score (nSPS) is 15.1. The smallest absolute Gasteiger partial charge is 0.160 e. The number of aliphatic hydroxyl groups is 2. The van der Waals surface area contributed by atoms with E-state index in [1.165, 1.54) is 11.3 Å². The third-order valence-corrected chi connectivity index (χ3v) is 2.91. The first-order chi connectivity index (χ1) is 6.69. The molecule has 0 aliphatic rings. The summed E-state index contributed by atoms with van der Waals surface area (Å²) in [5, 5.41) is 21.9. The second-order valence-electron chi connectivity index (χ2n) is 2.93. The number of aliphatic hydroxyl groups excluding tert-OH is 2. The van der Waals surface area contributed by atoms with Crippen molar-refractivity contribution in [2.24, 2.45) is 0 Å². The molecule has 5 heteroatoms. The summed E-state index contributed by atoms with van der Waals surface area (Å²) in [6, 6.07) is 3.28. The van der Waals surface area contributed by atoms with Gasteiger partial charge < -0.3 is 15.5 Å². The first kappa shape index (κ1) is 11.3. The maximum Gasteiger partial charge on any atom is 0.160 e. The van der Waals surface area contributed by atoms with Gasteiger partial charge in [0.15, 0.2) is 6.29 Å². The van der Waals surface area contributed by atoms with Crippen LogP contribution in [0.1, 0.15) is 20.7 Å². The summed E-state index contributed by atoms with van der Waals surface area (Å²) in [6.07, 6.45) is -1.05. The topological polar surface area (TPSA) is 69.6 Å². The second-order valence-corrected chi connectivity index (χ2v) is 4.07. The number of hydrogen-bond donors (Lipinski definition) is 3. The first-order valence-electron chi connectivity index (χ1n) is 4.24. The summed E-state index contributed by atoms with van der Waals surface area (Å²) in [7, 11) is 1.70. The highest BCUT2D eigenvalue weighted by Gasteiger charge is 2.19. The number of hydrogen-bond acceptors (Lipinski definition) is 5. The van der Waals surface area contributed by atoms with E-state index < -0.39 is 12.2 Å². The van der Waals surface area contributed by atoms with E-state index in [0.29, 0.717) is 16.3 Å². The quantitative estimate of drug-likeness (QED) is 0.613. The molecule has 3 N–H and O–H groups in total. The SMILES string of the molecule is CNCC(O)C(O)c1ccc(C=O)s1. The maximum atomic E-state index is 10.4. The molecular weight excluding hydrogens is 202 g/mol. The fourth-order valence-corrected chi connectivity index (χ4v) is 1.97. The minimum absolute atomic E-state index is 0.315. The van der Waals surface area contributed by atoms with Crippen LogP contribution in [0.2, 0.25) is 0 Å². The zero-order valence-electron chi connectivity index (χ0n) is 7.80. The molecule has 0 aliphatic heterocycles. The highest BCUT2D eigenvalue weighted by atomic mass is 32.1. The van der Waals surface area contributed by atoms with Gasteiger partial charge in [-0.3, -0.25) is 4.79 Å². The van der Waals surface area contributed by atoms with Crippen molar-refractivity contribution in [2.75, 3.05) is 13.6 Å². The van der Waals surface area contributed by atoms with Crippen molar-refractivity contribution in [3.63, 3.8) is 0 Å². The summed E-state index contributed by atoms with van der Waals surface area (Å²) >= 11 is 1.19. The van der Waals surface area contributed by atoms with Gasteiger partial charge in [-0.05, 0) is 19.2 Å². The van der Waals surface area contributed by atoms with Crippen molar-refractivity contribution in [3.8, 4) is 0 Å². The molecule has 0 fully saturated rings. The van der Waals surface area contributed by atoms with Crippen LogP contribution in [0, 0.1) is 0 Å². The van der Waals surface area contributed by atoms with Crippen molar-refractivity contribution in [1.29, 1.82) is 0 Å². The van der Waals surface area contributed by atoms with Gasteiger partial charge in [0.05, 0.1) is 11.0 Å². The molecule has 4 nitrogen and oxygen atoms in total. The summed E-state index contributed by atoms with van der Waals surface area (Å²) in [5.74, 6) is 0. The minimum atomic E-state index is -0.929. The highest BCUT2D eigenvalue weighted by molar-refractivity contribution is 7.13. The van der Waals surface area contributed by atoms with Gasteiger partial charge >= 0.3 is 0 Å². The van der Waals surface area contributed by atoms with Crippen LogP contribution in [0.3, 0.4) is 0 Å². The molecule has 1 aromatic rings. The van der Waals surface area contributed by atoms with E-state index in [-0.39, 0.29) is 0 Å². The molecule has 0 bridgehead atoms. The third-order valence-electron chi connectivity index (χ3n) is 1.83. The van der Waals surface area contributed by atoms with Crippen molar-refractivity contribution < 1.29 is 15.0 Å². The molecule has 2 unspecified atom stereocenters. The lowest BCUT2D eigenvalue weighted by atomic mass is 10.2. The van der Waals surface area contributed by atoms with Crippen molar-refractivity contribution >= 4 is 17.6 Å². The van der Waals surface area contributed by atoms with Gasteiger partial charge in [-0.2, -0.15) is 0 Å². The van der Waals surface area contributed by atoms with Crippen LogP contribution in [0.5, 0.6) is 0 Å². The molecule has 1 heterocycles. The predicted octanol–water partition coefficient (Wildman–Crippen LogP) is 0.174. The summed E-state index contributed by atoms with van der Waals surface area (Å²) < 4.78 is 0. The van der Waals surface area contributed by atoms with Gasteiger partial charge in [0.1, 0.15) is 6.10 Å². The van der Waals surface area contributed by atoms with E-state index in [2.05, 4.69) is 5.32 Å². The Morgan fingerprint density at radius 1 is 1.57 bits per heavy atom. The van der Waals surface area contributed by atoms with E-state index in [9.17, 15) is 15.0 Å². The van der Waals surface area contributed by atoms with Crippen LogP contribution in [0.4, 0.5) is 0 Å². The van der Waals surface area contributed by atoms with Gasteiger partial charge in [0.2, 0.25) is 0 Å². The lowest BCUT2D eigenvalue weighted by Gasteiger charge is -2.15. The molecule has 2 atom stereocenters. The fourth-order valence-electron chi connectivity index (χ4n) is 1.10. The number of nitrogens with one attached hydrogen (secondary N) is 1. The predicted molar refractivity (Wildman–Crippen MR) is 54.6 cm³/mol. The summed E-state index contributed by atoms with van der Waals surface area (Å²) in [6.45, 7) is 0.315. The minimum Gasteiger partial charge on any atom is -0.389 e. The molecule has 1 rings (SSSR count). The maximum absolute atomic E-state index is 10.4. The number of likely N-dealkylation sites (N-methyl/N-ethyl adjacent to an activating group) is 1. The van der Waals surface area contributed by atoms with Crippen LogP contribution in [0.25, 0.3) is 0 Å². The van der Waals surface area contributed by atoms with Crippen LogP contribution < -0.4 is 5.32 Å². The zero-order chi connectivity index (χ0) is 10.6. The zero-order valence-corrected chi connectivity index (χ0v) is 8.62. The molecular formula is C9H13NO3S. The standard InChI is InChI=1S/C9H13NO3S/c1-10-4-7(12)9(13)8-3-2-6(5-11)14-8/h2-3,5,7,9-10,12-13H,4H2,1H3. The monoisotopic (exact) mass is 215 g/mol. The summed E-state index contributed by atoms with van der Waals surface area (Å²) in [4.78, 5) is 11.5. The number of aldehydes is 1. The largest absolute Gasteiger partial charge is 0.389 e. The Morgan fingerprint density at radius 3 is 2.79 bits per heavy atom. The van der Waals surface area contributed by atoms with Crippen LogP contribution in [-0.2, 0) is 0 Å². The lowest BCUT2D eigenvalue weighted by molar-refractivity contribution is 0.0224. The Labute approximate surface area is 86.2 Å². The number of carbonyl (C=O) groups excluding carboxylic acids is 1. The van der Waals surface area contributed by atoms with Crippen molar-refractivity contribution in [1.82, 2.24) is 5.32 Å². The van der Waals surface area contributed by atoms with Gasteiger partial charge in [-0.25, -0.2) is 0 Å². The average Bonchev–Trinajstić information content (AvgIpc) is 2.65. The molecule has 0 aromatic carbocycles. The van der Waals surface area contributed by atoms with Crippen molar-refractivity contribution in [2.45, 2.75) is 12.2 Å². The Bertz CT molecular complexity index is 300. The van der Waals surface area contributed by atoms with Crippen LogP contribution in [-0.4, -0.2) is 36.2 Å². The molecule has 0 spiro atoms. The Balaban J connectivity index is 2.67. The average molecular weight is 215 g/mol. The number of carbonyl (C=O) groups is 1. The van der Waals surface area contributed by atoms with E-state index >= 15 is 0 Å². The molecule has 14 heavy (non-hydrogen) atoms. The van der Waals surface area contributed by atoms with Gasteiger partial charge in [-0.1, -0.05) is 0 Å². The second kappa shape index (κ2) is 5.21. The molecule has 78 valence electrons. The molecule has 0 saturated heterocycles.